The summed E-state index contributed by atoms with van der Waals surface area (Å²) in [6.45, 7) is 4.78. The smallest absolute Gasteiger partial charge is 0.254 e. The van der Waals surface area contributed by atoms with E-state index in [0.29, 0.717) is 23.7 Å². The molecule has 2 amide bonds. The van der Waals surface area contributed by atoms with Gasteiger partial charge in [-0.3, -0.25) is 9.59 Å². The van der Waals surface area contributed by atoms with Gasteiger partial charge in [-0.05, 0) is 43.9 Å². The van der Waals surface area contributed by atoms with E-state index in [-0.39, 0.29) is 11.8 Å². The standard InChI is InChI=1S/C17H24N2O2/c1-3-15-10-5-6-11-19(15)17(21)13-8-7-9-14(12-13)18-16(20)4-2/h7-9,12,15H,3-6,10-11H2,1-2H3,(H,18,20). The fourth-order valence-corrected chi connectivity index (χ4v) is 2.84. The van der Waals surface area contributed by atoms with Gasteiger partial charge in [0, 0.05) is 30.3 Å². The second-order valence-corrected chi connectivity index (χ2v) is 5.54. The number of amides is 2. The molecule has 1 aromatic rings. The molecule has 1 aliphatic heterocycles. The zero-order valence-electron chi connectivity index (χ0n) is 12.9. The molecule has 114 valence electrons. The molecule has 1 aromatic carbocycles. The molecule has 1 N–H and O–H groups in total. The maximum Gasteiger partial charge on any atom is 0.254 e. The number of carbonyl (C=O) groups is 2. The van der Waals surface area contributed by atoms with Crippen LogP contribution < -0.4 is 5.32 Å². The molecule has 1 fully saturated rings. The zero-order chi connectivity index (χ0) is 15.2. The summed E-state index contributed by atoms with van der Waals surface area (Å²) in [6, 6.07) is 7.59. The molecular weight excluding hydrogens is 264 g/mol. The van der Waals surface area contributed by atoms with Gasteiger partial charge in [0.1, 0.15) is 0 Å². The maximum absolute atomic E-state index is 12.7. The first-order valence-electron chi connectivity index (χ1n) is 7.86. The fraction of sp³-hybridized carbons (Fsp3) is 0.529. The van der Waals surface area contributed by atoms with Crippen molar-refractivity contribution >= 4 is 17.5 Å². The fourth-order valence-electron chi connectivity index (χ4n) is 2.84. The Morgan fingerprint density at radius 1 is 1.29 bits per heavy atom. The van der Waals surface area contributed by atoms with Crippen LogP contribution in [0.4, 0.5) is 5.69 Å². The van der Waals surface area contributed by atoms with E-state index < -0.39 is 0 Å². The second kappa shape index (κ2) is 7.25. The first-order valence-corrected chi connectivity index (χ1v) is 7.86. The van der Waals surface area contributed by atoms with Crippen molar-refractivity contribution in [1.29, 1.82) is 0 Å². The van der Waals surface area contributed by atoms with Crippen LogP contribution in [0.25, 0.3) is 0 Å². The topological polar surface area (TPSA) is 49.4 Å². The summed E-state index contributed by atoms with van der Waals surface area (Å²) in [5.74, 6) is 0.0400. The third-order valence-corrected chi connectivity index (χ3v) is 4.07. The lowest BCUT2D eigenvalue weighted by Crippen LogP contribution is -2.43. The van der Waals surface area contributed by atoms with Crippen LogP contribution in [0.5, 0.6) is 0 Å². The van der Waals surface area contributed by atoms with E-state index in [0.717, 1.165) is 25.8 Å². The summed E-state index contributed by atoms with van der Waals surface area (Å²) < 4.78 is 0. The van der Waals surface area contributed by atoms with Crippen LogP contribution in [0.15, 0.2) is 24.3 Å². The van der Waals surface area contributed by atoms with E-state index in [4.69, 9.17) is 0 Å². The van der Waals surface area contributed by atoms with Gasteiger partial charge in [-0.2, -0.15) is 0 Å². The summed E-state index contributed by atoms with van der Waals surface area (Å²) in [7, 11) is 0. The zero-order valence-corrected chi connectivity index (χ0v) is 12.9. The van der Waals surface area contributed by atoms with Crippen molar-refractivity contribution in [3.05, 3.63) is 29.8 Å². The van der Waals surface area contributed by atoms with Crippen LogP contribution >= 0.6 is 0 Å². The Bertz CT molecular complexity index is 513. The summed E-state index contributed by atoms with van der Waals surface area (Å²) in [4.78, 5) is 26.1. The minimum Gasteiger partial charge on any atom is -0.336 e. The lowest BCUT2D eigenvalue weighted by Gasteiger charge is -2.35. The highest BCUT2D eigenvalue weighted by atomic mass is 16.2. The average molecular weight is 288 g/mol. The van der Waals surface area contributed by atoms with Crippen molar-refractivity contribution < 1.29 is 9.59 Å². The first-order chi connectivity index (χ1) is 10.2. The number of hydrogen-bond donors (Lipinski definition) is 1. The molecule has 2 rings (SSSR count). The molecule has 1 aliphatic rings. The number of piperidine rings is 1. The first kappa shape index (κ1) is 15.5. The Labute approximate surface area is 126 Å². The van der Waals surface area contributed by atoms with Crippen LogP contribution in [0, 0.1) is 0 Å². The van der Waals surface area contributed by atoms with Gasteiger partial charge in [-0.1, -0.05) is 19.9 Å². The number of benzene rings is 1. The number of hydrogen-bond acceptors (Lipinski definition) is 2. The molecule has 1 atom stereocenters. The van der Waals surface area contributed by atoms with E-state index in [1.54, 1.807) is 6.07 Å². The quantitative estimate of drug-likeness (QED) is 0.922. The number of likely N-dealkylation sites (tertiary alicyclic amines) is 1. The Morgan fingerprint density at radius 2 is 2.10 bits per heavy atom. The molecule has 0 spiro atoms. The lowest BCUT2D eigenvalue weighted by molar-refractivity contribution is -0.115. The Morgan fingerprint density at radius 3 is 2.81 bits per heavy atom. The van der Waals surface area contributed by atoms with Crippen LogP contribution in [-0.4, -0.2) is 29.3 Å². The van der Waals surface area contributed by atoms with Gasteiger partial charge >= 0.3 is 0 Å². The van der Waals surface area contributed by atoms with Crippen molar-refractivity contribution in [1.82, 2.24) is 4.90 Å². The largest absolute Gasteiger partial charge is 0.336 e. The second-order valence-electron chi connectivity index (χ2n) is 5.54. The number of nitrogens with one attached hydrogen (secondary N) is 1. The molecule has 0 saturated carbocycles. The predicted octanol–water partition coefficient (Wildman–Crippen LogP) is 3.44. The van der Waals surface area contributed by atoms with Gasteiger partial charge in [-0.25, -0.2) is 0 Å². The molecule has 0 aliphatic carbocycles. The van der Waals surface area contributed by atoms with Crippen LogP contribution in [0.3, 0.4) is 0 Å². The van der Waals surface area contributed by atoms with E-state index in [1.165, 1.54) is 6.42 Å². The Kier molecular flexibility index (Phi) is 5.37. The highest BCUT2D eigenvalue weighted by Gasteiger charge is 2.26. The average Bonchev–Trinajstić information content (AvgIpc) is 2.54. The van der Waals surface area contributed by atoms with Crippen molar-refractivity contribution in [3.8, 4) is 0 Å². The molecule has 4 heteroatoms. The predicted molar refractivity (Wildman–Crippen MR) is 84.3 cm³/mol. The van der Waals surface area contributed by atoms with E-state index in [9.17, 15) is 9.59 Å². The number of nitrogens with zero attached hydrogens (tertiary/aromatic N) is 1. The van der Waals surface area contributed by atoms with Gasteiger partial charge in [-0.15, -0.1) is 0 Å². The minimum absolute atomic E-state index is 0.0380. The summed E-state index contributed by atoms with van der Waals surface area (Å²) in [6.07, 6.45) is 4.80. The van der Waals surface area contributed by atoms with Crippen molar-refractivity contribution in [2.75, 3.05) is 11.9 Å². The molecule has 1 saturated heterocycles. The van der Waals surface area contributed by atoms with Gasteiger partial charge in [0.25, 0.3) is 5.91 Å². The van der Waals surface area contributed by atoms with Gasteiger partial charge in [0.05, 0.1) is 0 Å². The van der Waals surface area contributed by atoms with Crippen LogP contribution in [-0.2, 0) is 4.79 Å². The van der Waals surface area contributed by atoms with Gasteiger partial charge in [0.15, 0.2) is 0 Å². The summed E-state index contributed by atoms with van der Waals surface area (Å²) in [5.41, 5.74) is 1.35. The number of rotatable bonds is 4. The molecule has 1 unspecified atom stereocenters. The highest BCUT2D eigenvalue weighted by Crippen LogP contribution is 2.22. The van der Waals surface area contributed by atoms with Crippen molar-refractivity contribution in [2.45, 2.75) is 52.0 Å². The number of carbonyl (C=O) groups excluding carboxylic acids is 2. The maximum atomic E-state index is 12.7. The highest BCUT2D eigenvalue weighted by molar-refractivity contribution is 5.97. The Balaban J connectivity index is 2.14. The molecule has 21 heavy (non-hydrogen) atoms. The monoisotopic (exact) mass is 288 g/mol. The Hall–Kier alpha value is -1.84. The van der Waals surface area contributed by atoms with Crippen LogP contribution in [0.2, 0.25) is 0 Å². The van der Waals surface area contributed by atoms with E-state index >= 15 is 0 Å². The molecular formula is C17H24N2O2. The number of anilines is 1. The van der Waals surface area contributed by atoms with Crippen molar-refractivity contribution in [2.24, 2.45) is 0 Å². The molecule has 1 heterocycles. The summed E-state index contributed by atoms with van der Waals surface area (Å²) in [5, 5.41) is 2.81. The third-order valence-electron chi connectivity index (χ3n) is 4.07. The summed E-state index contributed by atoms with van der Waals surface area (Å²) >= 11 is 0. The molecule has 0 bridgehead atoms. The van der Waals surface area contributed by atoms with E-state index in [1.807, 2.05) is 30.0 Å². The van der Waals surface area contributed by atoms with Gasteiger partial charge in [0.2, 0.25) is 5.91 Å². The third kappa shape index (κ3) is 3.84. The minimum atomic E-state index is -0.0380. The molecule has 0 radical (unpaired) electrons. The van der Waals surface area contributed by atoms with E-state index in [2.05, 4.69) is 12.2 Å². The lowest BCUT2D eigenvalue weighted by atomic mass is 9.99. The van der Waals surface area contributed by atoms with Crippen molar-refractivity contribution in [3.63, 3.8) is 0 Å². The SMILES string of the molecule is CCC(=O)Nc1cccc(C(=O)N2CCCCC2CC)c1. The molecule has 0 aromatic heterocycles. The van der Waals surface area contributed by atoms with Crippen LogP contribution in [0.1, 0.15) is 56.3 Å². The van der Waals surface area contributed by atoms with Gasteiger partial charge < -0.3 is 10.2 Å². The molecule has 4 nitrogen and oxygen atoms in total. The normalized spacial score (nSPS) is 18.4.